The first-order chi connectivity index (χ1) is 12.1. The predicted molar refractivity (Wildman–Crippen MR) is 93.3 cm³/mol. The van der Waals surface area contributed by atoms with E-state index in [4.69, 9.17) is 4.74 Å². The van der Waals surface area contributed by atoms with Gasteiger partial charge in [0.15, 0.2) is 0 Å². The quantitative estimate of drug-likeness (QED) is 0.852. The first-order valence-electron chi connectivity index (χ1n) is 8.32. The summed E-state index contributed by atoms with van der Waals surface area (Å²) in [7, 11) is 1.52. The third kappa shape index (κ3) is 4.74. The van der Waals surface area contributed by atoms with Crippen molar-refractivity contribution < 1.29 is 9.53 Å². The Morgan fingerprint density at radius 2 is 2.08 bits per heavy atom. The highest BCUT2D eigenvalue weighted by atomic mass is 16.5. The van der Waals surface area contributed by atoms with Crippen LogP contribution in [0, 0.1) is 0 Å². The van der Waals surface area contributed by atoms with Crippen molar-refractivity contribution in [1.29, 1.82) is 0 Å². The lowest BCUT2D eigenvalue weighted by molar-refractivity contribution is -0.0292. The van der Waals surface area contributed by atoms with Gasteiger partial charge in [-0.25, -0.2) is 4.68 Å². The van der Waals surface area contributed by atoms with Gasteiger partial charge in [-0.1, -0.05) is 30.3 Å². The Morgan fingerprint density at radius 1 is 1.28 bits per heavy atom. The number of morpholine rings is 1. The SMILES string of the molecule is Cn1nc(C(=O)NCC2CN(Cc3ccccc3)CCO2)ccc1=O. The highest BCUT2D eigenvalue weighted by molar-refractivity contribution is 5.91. The molecule has 2 heterocycles. The molecule has 1 aliphatic heterocycles. The van der Waals surface area contributed by atoms with Crippen LogP contribution in [0.2, 0.25) is 0 Å². The number of hydrogen-bond donors (Lipinski definition) is 1. The van der Waals surface area contributed by atoms with Crippen molar-refractivity contribution in [2.75, 3.05) is 26.2 Å². The number of amides is 1. The second kappa shape index (κ2) is 8.04. The van der Waals surface area contributed by atoms with Gasteiger partial charge in [0, 0.05) is 39.3 Å². The van der Waals surface area contributed by atoms with Crippen LogP contribution in [0.1, 0.15) is 16.1 Å². The van der Waals surface area contributed by atoms with Gasteiger partial charge in [-0.3, -0.25) is 14.5 Å². The zero-order valence-electron chi connectivity index (χ0n) is 14.2. The number of ether oxygens (including phenoxy) is 1. The minimum Gasteiger partial charge on any atom is -0.374 e. The van der Waals surface area contributed by atoms with E-state index < -0.39 is 0 Å². The molecule has 1 N–H and O–H groups in total. The van der Waals surface area contributed by atoms with Gasteiger partial charge < -0.3 is 10.1 Å². The molecule has 1 aromatic carbocycles. The maximum Gasteiger partial charge on any atom is 0.271 e. The second-order valence-electron chi connectivity index (χ2n) is 6.10. The molecule has 7 nitrogen and oxygen atoms in total. The fourth-order valence-corrected chi connectivity index (χ4v) is 2.81. The van der Waals surface area contributed by atoms with E-state index in [2.05, 4.69) is 27.4 Å². The van der Waals surface area contributed by atoms with Crippen molar-refractivity contribution in [3.63, 3.8) is 0 Å². The molecule has 0 saturated carbocycles. The number of nitrogens with zero attached hydrogens (tertiary/aromatic N) is 3. The normalized spacial score (nSPS) is 18.0. The fraction of sp³-hybridized carbons (Fsp3) is 0.389. The summed E-state index contributed by atoms with van der Waals surface area (Å²) in [5, 5.41) is 6.78. The third-order valence-corrected chi connectivity index (χ3v) is 4.16. The summed E-state index contributed by atoms with van der Waals surface area (Å²) in [6.07, 6.45) is -0.0612. The van der Waals surface area contributed by atoms with Crippen molar-refractivity contribution >= 4 is 5.91 Å². The number of carbonyl (C=O) groups excluding carboxylic acids is 1. The molecule has 1 fully saturated rings. The van der Waals surface area contributed by atoms with Crippen molar-refractivity contribution in [3.05, 3.63) is 64.1 Å². The highest BCUT2D eigenvalue weighted by Gasteiger charge is 2.21. The second-order valence-corrected chi connectivity index (χ2v) is 6.10. The Hall–Kier alpha value is -2.51. The summed E-state index contributed by atoms with van der Waals surface area (Å²) in [4.78, 5) is 25.8. The van der Waals surface area contributed by atoms with Crippen LogP contribution < -0.4 is 10.9 Å². The van der Waals surface area contributed by atoms with E-state index >= 15 is 0 Å². The molecular weight excluding hydrogens is 320 g/mol. The lowest BCUT2D eigenvalue weighted by Crippen LogP contribution is -2.47. The zero-order chi connectivity index (χ0) is 17.6. The number of aromatic nitrogens is 2. The van der Waals surface area contributed by atoms with Crippen LogP contribution in [0.15, 0.2) is 47.3 Å². The summed E-state index contributed by atoms with van der Waals surface area (Å²) >= 11 is 0. The molecule has 2 aromatic rings. The van der Waals surface area contributed by atoms with Crippen molar-refractivity contribution in [2.24, 2.45) is 7.05 Å². The van der Waals surface area contributed by atoms with Crippen molar-refractivity contribution in [2.45, 2.75) is 12.6 Å². The van der Waals surface area contributed by atoms with Crippen LogP contribution in [0.3, 0.4) is 0 Å². The van der Waals surface area contributed by atoms with E-state index in [1.165, 1.54) is 24.7 Å². The van der Waals surface area contributed by atoms with E-state index in [-0.39, 0.29) is 23.3 Å². The molecule has 1 saturated heterocycles. The van der Waals surface area contributed by atoms with Crippen LogP contribution in [-0.2, 0) is 18.3 Å². The molecule has 1 amide bonds. The van der Waals surface area contributed by atoms with Crippen LogP contribution in [0.25, 0.3) is 0 Å². The summed E-state index contributed by atoms with van der Waals surface area (Å²) in [5.74, 6) is -0.306. The van der Waals surface area contributed by atoms with Crippen molar-refractivity contribution in [3.8, 4) is 0 Å². The molecule has 7 heteroatoms. The van der Waals surface area contributed by atoms with Crippen molar-refractivity contribution in [1.82, 2.24) is 20.0 Å². The van der Waals surface area contributed by atoms with Gasteiger partial charge in [-0.2, -0.15) is 5.10 Å². The van der Waals surface area contributed by atoms with Gasteiger partial charge >= 0.3 is 0 Å². The summed E-state index contributed by atoms with van der Waals surface area (Å²) in [6.45, 7) is 3.56. The fourth-order valence-electron chi connectivity index (χ4n) is 2.81. The lowest BCUT2D eigenvalue weighted by atomic mass is 10.2. The van der Waals surface area contributed by atoms with E-state index in [0.29, 0.717) is 13.2 Å². The molecule has 25 heavy (non-hydrogen) atoms. The molecule has 0 radical (unpaired) electrons. The van der Waals surface area contributed by atoms with E-state index in [9.17, 15) is 9.59 Å². The molecular formula is C18H22N4O3. The topological polar surface area (TPSA) is 76.5 Å². The number of hydrogen-bond acceptors (Lipinski definition) is 5. The summed E-state index contributed by atoms with van der Waals surface area (Å²) < 4.78 is 6.89. The number of benzene rings is 1. The average molecular weight is 342 g/mol. The van der Waals surface area contributed by atoms with E-state index in [1.807, 2.05) is 18.2 Å². The first-order valence-corrected chi connectivity index (χ1v) is 8.32. The van der Waals surface area contributed by atoms with E-state index in [0.717, 1.165) is 24.3 Å². The largest absolute Gasteiger partial charge is 0.374 e. The van der Waals surface area contributed by atoms with Gasteiger partial charge in [0.05, 0.1) is 12.7 Å². The zero-order valence-corrected chi connectivity index (χ0v) is 14.2. The third-order valence-electron chi connectivity index (χ3n) is 4.16. The van der Waals surface area contributed by atoms with E-state index in [1.54, 1.807) is 0 Å². The Labute approximate surface area is 146 Å². The Kier molecular flexibility index (Phi) is 5.57. The van der Waals surface area contributed by atoms with Gasteiger partial charge in [0.2, 0.25) is 0 Å². The van der Waals surface area contributed by atoms with Gasteiger partial charge in [-0.15, -0.1) is 0 Å². The van der Waals surface area contributed by atoms with Crippen LogP contribution in [-0.4, -0.2) is 52.9 Å². The van der Waals surface area contributed by atoms with Gasteiger partial charge in [0.25, 0.3) is 11.5 Å². The lowest BCUT2D eigenvalue weighted by Gasteiger charge is -2.33. The molecule has 1 unspecified atom stereocenters. The Bertz CT molecular complexity index is 775. The monoisotopic (exact) mass is 342 g/mol. The molecule has 0 spiro atoms. The smallest absolute Gasteiger partial charge is 0.271 e. The average Bonchev–Trinajstić information content (AvgIpc) is 2.63. The molecule has 0 aliphatic carbocycles. The minimum atomic E-state index is -0.306. The Morgan fingerprint density at radius 3 is 2.84 bits per heavy atom. The maximum absolute atomic E-state index is 12.2. The summed E-state index contributed by atoms with van der Waals surface area (Å²) in [6, 6.07) is 13.1. The maximum atomic E-state index is 12.2. The highest BCUT2D eigenvalue weighted by Crippen LogP contribution is 2.10. The first kappa shape index (κ1) is 17.3. The predicted octanol–water partition coefficient (Wildman–Crippen LogP) is 0.411. The minimum absolute atomic E-state index is 0.0612. The number of aryl methyl sites for hydroxylation is 1. The molecule has 132 valence electrons. The van der Waals surface area contributed by atoms with Gasteiger partial charge in [0.1, 0.15) is 5.69 Å². The molecule has 1 atom stereocenters. The standard InChI is InChI=1S/C18H22N4O3/c1-21-17(23)8-7-16(20-21)18(24)19-11-15-13-22(9-10-25-15)12-14-5-3-2-4-6-14/h2-8,15H,9-13H2,1H3,(H,19,24). The molecule has 1 aromatic heterocycles. The van der Waals surface area contributed by atoms with Crippen LogP contribution in [0.4, 0.5) is 0 Å². The number of carbonyl (C=O) groups is 1. The molecule has 3 rings (SSSR count). The van der Waals surface area contributed by atoms with Crippen LogP contribution in [0.5, 0.6) is 0 Å². The molecule has 0 bridgehead atoms. The number of nitrogens with one attached hydrogen (secondary N) is 1. The Balaban J connectivity index is 1.51. The van der Waals surface area contributed by atoms with Gasteiger partial charge in [-0.05, 0) is 11.6 Å². The summed E-state index contributed by atoms with van der Waals surface area (Å²) in [5.41, 5.74) is 1.24. The molecule has 1 aliphatic rings. The number of rotatable bonds is 5. The van der Waals surface area contributed by atoms with Crippen LogP contribution >= 0.6 is 0 Å².